The van der Waals surface area contributed by atoms with E-state index in [-0.39, 0.29) is 17.9 Å². The highest BCUT2D eigenvalue weighted by Gasteiger charge is 2.44. The van der Waals surface area contributed by atoms with E-state index in [2.05, 4.69) is 23.5 Å². The molecular formula is C14H16N2O. The minimum absolute atomic E-state index is 0.0206. The normalized spacial score (nSPS) is 23.5. The highest BCUT2D eigenvalue weighted by molar-refractivity contribution is 5.83. The zero-order valence-electron chi connectivity index (χ0n) is 9.89. The van der Waals surface area contributed by atoms with Crippen molar-refractivity contribution in [3.05, 3.63) is 35.9 Å². The van der Waals surface area contributed by atoms with Crippen molar-refractivity contribution in [2.24, 2.45) is 5.92 Å². The lowest BCUT2D eigenvalue weighted by Crippen LogP contribution is -2.34. The molecule has 3 heteroatoms. The second-order valence-electron chi connectivity index (χ2n) is 4.46. The summed E-state index contributed by atoms with van der Waals surface area (Å²) in [5, 5.41) is 11.6. The number of carbonyl (C=O) groups is 1. The fourth-order valence-electron chi connectivity index (χ4n) is 2.06. The van der Waals surface area contributed by atoms with Crippen LogP contribution in [0.25, 0.3) is 0 Å². The van der Waals surface area contributed by atoms with Gasteiger partial charge >= 0.3 is 0 Å². The molecule has 2 rings (SSSR count). The summed E-state index contributed by atoms with van der Waals surface area (Å²) >= 11 is 0. The van der Waals surface area contributed by atoms with E-state index in [1.807, 2.05) is 25.1 Å². The van der Waals surface area contributed by atoms with Gasteiger partial charge in [-0.3, -0.25) is 4.79 Å². The molecule has 1 amide bonds. The highest BCUT2D eigenvalue weighted by Crippen LogP contribution is 2.47. The largest absolute Gasteiger partial charge is 0.340 e. The Bertz CT molecular complexity index is 435. The lowest BCUT2D eigenvalue weighted by Gasteiger charge is -2.08. The first-order valence-electron chi connectivity index (χ1n) is 6.01. The first-order chi connectivity index (χ1) is 8.26. The van der Waals surface area contributed by atoms with Crippen LogP contribution in [0.15, 0.2) is 30.3 Å². The molecule has 0 spiro atoms. The van der Waals surface area contributed by atoms with Crippen LogP contribution in [0.4, 0.5) is 0 Å². The van der Waals surface area contributed by atoms with Gasteiger partial charge < -0.3 is 5.32 Å². The van der Waals surface area contributed by atoms with Gasteiger partial charge in [-0.15, -0.1) is 0 Å². The molecule has 1 saturated carbocycles. The predicted molar refractivity (Wildman–Crippen MR) is 65.1 cm³/mol. The monoisotopic (exact) mass is 228 g/mol. The quantitative estimate of drug-likeness (QED) is 0.859. The Hall–Kier alpha value is -1.82. The first-order valence-corrected chi connectivity index (χ1v) is 6.01. The van der Waals surface area contributed by atoms with E-state index in [1.165, 1.54) is 5.56 Å². The lowest BCUT2D eigenvalue weighted by molar-refractivity contribution is -0.122. The maximum atomic E-state index is 11.9. The number of nitrogens with zero attached hydrogens (tertiary/aromatic N) is 1. The van der Waals surface area contributed by atoms with Gasteiger partial charge in [0.25, 0.3) is 0 Å². The molecule has 88 valence electrons. The SMILES string of the molecule is CCC(C#N)NC(=O)C1CC1c1ccccc1. The molecule has 0 radical (unpaired) electrons. The Morgan fingerprint density at radius 1 is 1.53 bits per heavy atom. The predicted octanol–water partition coefficient (Wildman–Crippen LogP) is 2.21. The van der Waals surface area contributed by atoms with Crippen molar-refractivity contribution in [2.75, 3.05) is 0 Å². The van der Waals surface area contributed by atoms with Gasteiger partial charge in [0.1, 0.15) is 6.04 Å². The van der Waals surface area contributed by atoms with E-state index in [0.717, 1.165) is 6.42 Å². The molecule has 1 aromatic carbocycles. The summed E-state index contributed by atoms with van der Waals surface area (Å²) in [6.07, 6.45) is 1.56. The zero-order valence-corrected chi connectivity index (χ0v) is 9.89. The average Bonchev–Trinajstić information content (AvgIpc) is 3.17. The van der Waals surface area contributed by atoms with Crippen molar-refractivity contribution in [1.29, 1.82) is 5.26 Å². The summed E-state index contributed by atoms with van der Waals surface area (Å²) in [5.41, 5.74) is 1.22. The van der Waals surface area contributed by atoms with Crippen molar-refractivity contribution in [3.8, 4) is 6.07 Å². The van der Waals surface area contributed by atoms with Crippen LogP contribution in [-0.4, -0.2) is 11.9 Å². The summed E-state index contributed by atoms with van der Waals surface area (Å²) in [4.78, 5) is 11.9. The molecular weight excluding hydrogens is 212 g/mol. The van der Waals surface area contributed by atoms with Crippen molar-refractivity contribution >= 4 is 5.91 Å². The van der Waals surface area contributed by atoms with Crippen LogP contribution in [0, 0.1) is 17.2 Å². The van der Waals surface area contributed by atoms with Crippen LogP contribution in [0.5, 0.6) is 0 Å². The number of hydrogen-bond donors (Lipinski definition) is 1. The lowest BCUT2D eigenvalue weighted by atomic mass is 10.1. The van der Waals surface area contributed by atoms with Gasteiger partial charge in [0.15, 0.2) is 0 Å². The number of amides is 1. The molecule has 1 aliphatic carbocycles. The summed E-state index contributed by atoms with van der Waals surface area (Å²) in [5.74, 6) is 0.416. The third kappa shape index (κ3) is 2.65. The smallest absolute Gasteiger partial charge is 0.224 e. The molecule has 0 aliphatic heterocycles. The van der Waals surface area contributed by atoms with Crippen LogP contribution >= 0.6 is 0 Å². The van der Waals surface area contributed by atoms with Crippen molar-refractivity contribution < 1.29 is 4.79 Å². The third-order valence-corrected chi connectivity index (χ3v) is 3.24. The molecule has 3 atom stereocenters. The topological polar surface area (TPSA) is 52.9 Å². The molecule has 0 bridgehead atoms. The van der Waals surface area contributed by atoms with Gasteiger partial charge in [0.05, 0.1) is 6.07 Å². The molecule has 1 aromatic rings. The van der Waals surface area contributed by atoms with Crippen molar-refractivity contribution in [2.45, 2.75) is 31.7 Å². The van der Waals surface area contributed by atoms with E-state index >= 15 is 0 Å². The highest BCUT2D eigenvalue weighted by atomic mass is 16.2. The first kappa shape index (κ1) is 11.7. The Labute approximate surface area is 101 Å². The van der Waals surface area contributed by atoms with Gasteiger partial charge in [-0.25, -0.2) is 0 Å². The van der Waals surface area contributed by atoms with Crippen LogP contribution in [-0.2, 0) is 4.79 Å². The summed E-state index contributed by atoms with van der Waals surface area (Å²) in [6.45, 7) is 1.90. The van der Waals surface area contributed by atoms with E-state index in [0.29, 0.717) is 12.3 Å². The van der Waals surface area contributed by atoms with Gasteiger partial charge in [0.2, 0.25) is 5.91 Å². The Morgan fingerprint density at radius 2 is 2.24 bits per heavy atom. The maximum Gasteiger partial charge on any atom is 0.224 e. The molecule has 1 aliphatic rings. The average molecular weight is 228 g/mol. The summed E-state index contributed by atoms with van der Waals surface area (Å²) in [6, 6.07) is 11.8. The van der Waals surface area contributed by atoms with E-state index in [9.17, 15) is 4.79 Å². The van der Waals surface area contributed by atoms with Gasteiger partial charge in [0, 0.05) is 5.92 Å². The maximum absolute atomic E-state index is 11.9. The summed E-state index contributed by atoms with van der Waals surface area (Å²) < 4.78 is 0. The molecule has 0 aromatic heterocycles. The summed E-state index contributed by atoms with van der Waals surface area (Å²) in [7, 11) is 0. The van der Waals surface area contributed by atoms with Crippen molar-refractivity contribution in [1.82, 2.24) is 5.32 Å². The third-order valence-electron chi connectivity index (χ3n) is 3.24. The Morgan fingerprint density at radius 3 is 2.82 bits per heavy atom. The number of hydrogen-bond acceptors (Lipinski definition) is 2. The van der Waals surface area contributed by atoms with Gasteiger partial charge in [-0.05, 0) is 24.3 Å². The number of nitrogens with one attached hydrogen (secondary N) is 1. The van der Waals surface area contributed by atoms with Gasteiger partial charge in [-0.2, -0.15) is 5.26 Å². The van der Waals surface area contributed by atoms with E-state index < -0.39 is 0 Å². The fraction of sp³-hybridized carbons (Fsp3) is 0.429. The van der Waals surface area contributed by atoms with Crippen LogP contribution in [0.1, 0.15) is 31.2 Å². The standard InChI is InChI=1S/C14H16N2O/c1-2-11(9-15)16-14(17)13-8-12(13)10-6-4-3-5-7-10/h3-7,11-13H,2,8H2,1H3,(H,16,17). The molecule has 0 saturated heterocycles. The molecule has 3 unspecified atom stereocenters. The van der Waals surface area contributed by atoms with Gasteiger partial charge in [-0.1, -0.05) is 37.3 Å². The second kappa shape index (κ2) is 5.01. The van der Waals surface area contributed by atoms with E-state index in [1.54, 1.807) is 0 Å². The Kier molecular flexibility index (Phi) is 3.43. The number of carbonyl (C=O) groups excluding carboxylic acids is 1. The second-order valence-corrected chi connectivity index (χ2v) is 4.46. The Balaban J connectivity index is 1.91. The van der Waals surface area contributed by atoms with Crippen LogP contribution in [0.3, 0.4) is 0 Å². The molecule has 3 nitrogen and oxygen atoms in total. The molecule has 1 N–H and O–H groups in total. The van der Waals surface area contributed by atoms with Crippen LogP contribution in [0.2, 0.25) is 0 Å². The van der Waals surface area contributed by atoms with E-state index in [4.69, 9.17) is 5.26 Å². The molecule has 0 heterocycles. The van der Waals surface area contributed by atoms with Crippen molar-refractivity contribution in [3.63, 3.8) is 0 Å². The fourth-order valence-corrected chi connectivity index (χ4v) is 2.06. The zero-order chi connectivity index (χ0) is 12.3. The number of benzene rings is 1. The minimum Gasteiger partial charge on any atom is -0.340 e. The minimum atomic E-state index is -0.348. The molecule has 1 fully saturated rings. The van der Waals surface area contributed by atoms with Crippen LogP contribution < -0.4 is 5.32 Å². The number of nitriles is 1. The molecule has 17 heavy (non-hydrogen) atoms. The number of rotatable bonds is 4.